The van der Waals surface area contributed by atoms with Crippen molar-refractivity contribution in [2.24, 2.45) is 0 Å². The van der Waals surface area contributed by atoms with Crippen molar-refractivity contribution in [2.45, 2.75) is 55.0 Å². The summed E-state index contributed by atoms with van der Waals surface area (Å²) in [5, 5.41) is 8.76. The quantitative estimate of drug-likeness (QED) is 0.454. The molecule has 1 aliphatic rings. The molecule has 0 aromatic carbocycles. The average molecular weight is 307 g/mol. The molecule has 1 fully saturated rings. The van der Waals surface area contributed by atoms with Crippen molar-refractivity contribution in [3.8, 4) is 6.07 Å². The Bertz CT molecular complexity index is 214. The molecule has 0 heterocycles. The van der Waals surface area contributed by atoms with Crippen LogP contribution < -0.4 is 0 Å². The van der Waals surface area contributed by atoms with E-state index in [0.717, 1.165) is 19.4 Å². The molecule has 0 radical (unpaired) electrons. The van der Waals surface area contributed by atoms with E-state index in [9.17, 15) is 0 Å². The third-order valence-corrected chi connectivity index (χ3v) is 4.32. The molecule has 14 heavy (non-hydrogen) atoms. The van der Waals surface area contributed by atoms with Crippen LogP contribution in [-0.2, 0) is 4.74 Å². The number of nitriles is 1. The highest BCUT2D eigenvalue weighted by atomic mass is 127. The van der Waals surface area contributed by atoms with Gasteiger partial charge >= 0.3 is 0 Å². The van der Waals surface area contributed by atoms with Gasteiger partial charge < -0.3 is 4.74 Å². The monoisotopic (exact) mass is 307 g/mol. The van der Waals surface area contributed by atoms with E-state index in [1.165, 1.54) is 19.3 Å². The van der Waals surface area contributed by atoms with Gasteiger partial charge in [-0.1, -0.05) is 22.6 Å². The van der Waals surface area contributed by atoms with Gasteiger partial charge in [-0.25, -0.2) is 0 Å². The smallest absolute Gasteiger partial charge is 0.0635 e. The number of hydrogen-bond acceptors (Lipinski definition) is 2. The second kappa shape index (κ2) is 5.92. The number of rotatable bonds is 3. The van der Waals surface area contributed by atoms with Crippen LogP contribution in [0.2, 0.25) is 0 Å². The minimum absolute atomic E-state index is 0.221. The lowest BCUT2D eigenvalue weighted by Gasteiger charge is -2.22. The molecule has 3 heteroatoms. The van der Waals surface area contributed by atoms with E-state index >= 15 is 0 Å². The summed E-state index contributed by atoms with van der Waals surface area (Å²) >= 11 is 2.48. The minimum atomic E-state index is 0.221. The SMILES string of the molecule is CCOC1CCCC(I)(CC#N)CC1. The van der Waals surface area contributed by atoms with E-state index in [2.05, 4.69) is 35.6 Å². The molecule has 2 nitrogen and oxygen atoms in total. The van der Waals surface area contributed by atoms with Crippen molar-refractivity contribution >= 4 is 22.6 Å². The molecule has 0 aromatic heterocycles. The first kappa shape index (κ1) is 12.3. The van der Waals surface area contributed by atoms with Gasteiger partial charge in [0.2, 0.25) is 0 Å². The molecule has 0 aliphatic heterocycles. The topological polar surface area (TPSA) is 33.0 Å². The van der Waals surface area contributed by atoms with Crippen molar-refractivity contribution < 1.29 is 4.74 Å². The number of alkyl halides is 1. The second-order valence-electron chi connectivity index (χ2n) is 3.99. The van der Waals surface area contributed by atoms with E-state index in [4.69, 9.17) is 10.00 Å². The second-order valence-corrected chi connectivity index (χ2v) is 6.28. The van der Waals surface area contributed by atoms with Gasteiger partial charge in [0.15, 0.2) is 0 Å². The Morgan fingerprint density at radius 1 is 1.50 bits per heavy atom. The molecule has 1 saturated carbocycles. The first-order valence-corrected chi connectivity index (χ1v) is 6.45. The van der Waals surface area contributed by atoms with Gasteiger partial charge in [0.05, 0.1) is 12.2 Å². The number of nitrogens with zero attached hydrogens (tertiary/aromatic N) is 1. The normalized spacial score (nSPS) is 33.4. The molecule has 0 aromatic rings. The predicted octanol–water partition coefficient (Wildman–Crippen LogP) is 3.44. The number of halogens is 1. The maximum Gasteiger partial charge on any atom is 0.0635 e. The first-order valence-electron chi connectivity index (χ1n) is 5.37. The largest absolute Gasteiger partial charge is 0.379 e. The summed E-state index contributed by atoms with van der Waals surface area (Å²) in [4.78, 5) is 0. The van der Waals surface area contributed by atoms with Crippen LogP contribution in [0.1, 0.15) is 45.4 Å². The number of hydrogen-bond donors (Lipinski definition) is 0. The van der Waals surface area contributed by atoms with Crippen LogP contribution in [-0.4, -0.2) is 16.1 Å². The fraction of sp³-hybridized carbons (Fsp3) is 0.909. The lowest BCUT2D eigenvalue weighted by molar-refractivity contribution is 0.0521. The van der Waals surface area contributed by atoms with Crippen LogP contribution in [0.15, 0.2) is 0 Å². The average Bonchev–Trinajstić information content (AvgIpc) is 2.30. The number of ether oxygens (including phenoxy) is 1. The highest BCUT2D eigenvalue weighted by Gasteiger charge is 2.30. The Hall–Kier alpha value is 0.180. The molecule has 80 valence electrons. The zero-order valence-electron chi connectivity index (χ0n) is 8.76. The van der Waals surface area contributed by atoms with Crippen LogP contribution in [0.25, 0.3) is 0 Å². The molecular weight excluding hydrogens is 289 g/mol. The van der Waals surface area contributed by atoms with Crippen molar-refractivity contribution in [1.82, 2.24) is 0 Å². The fourth-order valence-corrected chi connectivity index (χ4v) is 2.92. The van der Waals surface area contributed by atoms with E-state index in [1.807, 2.05) is 0 Å². The lowest BCUT2D eigenvalue weighted by atomic mass is 9.97. The standard InChI is InChI=1S/C11H18INO/c1-2-14-10-4-3-6-11(12,7-5-10)8-9-13/h10H,2-8H2,1H3. The fourth-order valence-electron chi connectivity index (χ4n) is 2.06. The summed E-state index contributed by atoms with van der Waals surface area (Å²) in [6.45, 7) is 2.87. The maximum atomic E-state index is 8.76. The Labute approximate surface area is 100 Å². The first-order chi connectivity index (χ1) is 6.70. The van der Waals surface area contributed by atoms with Gasteiger partial charge in [-0.15, -0.1) is 0 Å². The zero-order valence-corrected chi connectivity index (χ0v) is 10.9. The van der Waals surface area contributed by atoms with Crippen LogP contribution in [0, 0.1) is 11.3 Å². The van der Waals surface area contributed by atoms with Gasteiger partial charge in [0, 0.05) is 16.4 Å². The zero-order chi connectivity index (χ0) is 10.4. The van der Waals surface area contributed by atoms with Gasteiger partial charge in [0.25, 0.3) is 0 Å². The minimum Gasteiger partial charge on any atom is -0.379 e. The molecule has 0 saturated heterocycles. The summed E-state index contributed by atoms with van der Waals surface area (Å²) in [5.41, 5.74) is 0. The van der Waals surface area contributed by atoms with E-state index in [0.29, 0.717) is 12.5 Å². The highest BCUT2D eigenvalue weighted by Crippen LogP contribution is 2.38. The third kappa shape index (κ3) is 3.74. The van der Waals surface area contributed by atoms with Crippen LogP contribution in [0.5, 0.6) is 0 Å². The summed E-state index contributed by atoms with van der Waals surface area (Å²) < 4.78 is 5.87. The van der Waals surface area contributed by atoms with E-state index < -0.39 is 0 Å². The Morgan fingerprint density at radius 3 is 2.93 bits per heavy atom. The Kier molecular flexibility index (Phi) is 5.18. The molecule has 2 atom stereocenters. The summed E-state index contributed by atoms with van der Waals surface area (Å²) in [6.07, 6.45) is 6.93. The molecule has 2 unspecified atom stereocenters. The molecule has 1 rings (SSSR count). The summed E-state index contributed by atoms with van der Waals surface area (Å²) in [5.74, 6) is 0. The third-order valence-electron chi connectivity index (χ3n) is 2.86. The van der Waals surface area contributed by atoms with Crippen molar-refractivity contribution in [2.75, 3.05) is 6.61 Å². The van der Waals surface area contributed by atoms with Crippen LogP contribution in [0.4, 0.5) is 0 Å². The van der Waals surface area contributed by atoms with Gasteiger partial charge in [-0.3, -0.25) is 0 Å². The van der Waals surface area contributed by atoms with Crippen molar-refractivity contribution in [1.29, 1.82) is 5.26 Å². The lowest BCUT2D eigenvalue weighted by Crippen LogP contribution is -2.19. The molecule has 0 N–H and O–H groups in total. The van der Waals surface area contributed by atoms with Gasteiger partial charge in [0.1, 0.15) is 0 Å². The van der Waals surface area contributed by atoms with E-state index in [1.54, 1.807) is 0 Å². The van der Waals surface area contributed by atoms with Crippen molar-refractivity contribution in [3.63, 3.8) is 0 Å². The van der Waals surface area contributed by atoms with Crippen LogP contribution >= 0.6 is 22.6 Å². The van der Waals surface area contributed by atoms with Gasteiger partial charge in [-0.2, -0.15) is 5.26 Å². The summed E-state index contributed by atoms with van der Waals surface area (Å²) in [7, 11) is 0. The van der Waals surface area contributed by atoms with Gasteiger partial charge in [-0.05, 0) is 39.0 Å². The summed E-state index contributed by atoms with van der Waals surface area (Å²) in [6, 6.07) is 2.30. The Morgan fingerprint density at radius 2 is 2.29 bits per heavy atom. The highest BCUT2D eigenvalue weighted by molar-refractivity contribution is 14.1. The molecular formula is C11H18INO. The van der Waals surface area contributed by atoms with Crippen molar-refractivity contribution in [3.05, 3.63) is 0 Å². The van der Waals surface area contributed by atoms with E-state index in [-0.39, 0.29) is 3.42 Å². The maximum absolute atomic E-state index is 8.76. The molecule has 0 bridgehead atoms. The van der Waals surface area contributed by atoms with Crippen LogP contribution in [0.3, 0.4) is 0 Å². The molecule has 0 amide bonds. The molecule has 0 spiro atoms. The Balaban J connectivity index is 2.44. The predicted molar refractivity (Wildman–Crippen MR) is 65.5 cm³/mol. The molecule has 1 aliphatic carbocycles.